The van der Waals surface area contributed by atoms with Crippen LogP contribution in [0.15, 0.2) is 24.4 Å². The van der Waals surface area contributed by atoms with Crippen molar-refractivity contribution in [3.05, 3.63) is 30.1 Å². The molecular weight excluding hydrogens is 162 g/mol. The third-order valence-corrected chi connectivity index (χ3v) is 2.18. The molecule has 3 heteroatoms. The number of aromatic nitrogens is 2. The summed E-state index contributed by atoms with van der Waals surface area (Å²) in [5.41, 5.74) is 2.29. The van der Waals surface area contributed by atoms with E-state index in [-0.39, 0.29) is 0 Å². The summed E-state index contributed by atoms with van der Waals surface area (Å²) < 4.78 is 2.16. The predicted molar refractivity (Wildman–Crippen MR) is 53.5 cm³/mol. The molecule has 68 valence electrons. The lowest BCUT2D eigenvalue weighted by molar-refractivity contribution is 0.620. The molecule has 0 aromatic carbocycles. The fourth-order valence-electron chi connectivity index (χ4n) is 1.58. The second-order valence-corrected chi connectivity index (χ2v) is 3.14. The summed E-state index contributed by atoms with van der Waals surface area (Å²) in [5, 5.41) is 4.33. The zero-order valence-electron chi connectivity index (χ0n) is 7.91. The lowest BCUT2D eigenvalue weighted by Crippen LogP contribution is -2.14. The van der Waals surface area contributed by atoms with E-state index >= 15 is 0 Å². The van der Waals surface area contributed by atoms with E-state index in [0.29, 0.717) is 0 Å². The van der Waals surface area contributed by atoms with Crippen molar-refractivity contribution in [2.75, 3.05) is 7.05 Å². The van der Waals surface area contributed by atoms with E-state index in [1.165, 1.54) is 11.1 Å². The van der Waals surface area contributed by atoms with Crippen LogP contribution in [0.5, 0.6) is 0 Å². The molecule has 0 atom stereocenters. The van der Waals surface area contributed by atoms with Crippen LogP contribution in [0.3, 0.4) is 0 Å². The highest BCUT2D eigenvalue weighted by Crippen LogP contribution is 2.15. The van der Waals surface area contributed by atoms with Gasteiger partial charge in [0.2, 0.25) is 0 Å². The highest BCUT2D eigenvalue weighted by atomic mass is 15.1. The predicted octanol–water partition coefficient (Wildman–Crippen LogP) is 1.52. The van der Waals surface area contributed by atoms with Gasteiger partial charge in [0.25, 0.3) is 0 Å². The Hall–Kier alpha value is -1.35. The second-order valence-electron chi connectivity index (χ2n) is 3.14. The average molecular weight is 175 g/mol. The van der Waals surface area contributed by atoms with Gasteiger partial charge in [0, 0.05) is 17.3 Å². The Morgan fingerprint density at radius 1 is 1.54 bits per heavy atom. The molecule has 0 saturated heterocycles. The van der Waals surface area contributed by atoms with Crippen LogP contribution in [-0.4, -0.2) is 16.6 Å². The van der Waals surface area contributed by atoms with Gasteiger partial charge < -0.3 is 9.88 Å². The van der Waals surface area contributed by atoms with E-state index < -0.39 is 0 Å². The van der Waals surface area contributed by atoms with Gasteiger partial charge in [-0.05, 0) is 32.2 Å². The van der Waals surface area contributed by atoms with Crippen LogP contribution in [0.2, 0.25) is 0 Å². The van der Waals surface area contributed by atoms with E-state index in [1.807, 2.05) is 19.3 Å². The van der Waals surface area contributed by atoms with Crippen molar-refractivity contribution < 1.29 is 0 Å². The van der Waals surface area contributed by atoms with Gasteiger partial charge in [-0.15, -0.1) is 0 Å². The highest BCUT2D eigenvalue weighted by molar-refractivity contribution is 5.77. The number of pyridine rings is 1. The largest absolute Gasteiger partial charge is 0.317 e. The third-order valence-electron chi connectivity index (χ3n) is 2.18. The summed E-state index contributed by atoms with van der Waals surface area (Å²) in [6, 6.07) is 6.20. The van der Waals surface area contributed by atoms with Gasteiger partial charge >= 0.3 is 0 Å². The van der Waals surface area contributed by atoms with E-state index in [2.05, 4.69) is 33.9 Å². The Morgan fingerprint density at radius 3 is 3.15 bits per heavy atom. The molecule has 0 bridgehead atoms. The molecule has 2 aromatic heterocycles. The SMILES string of the molecule is CNCn1c(C)cc2cccnc21. The van der Waals surface area contributed by atoms with Crippen LogP contribution in [0.4, 0.5) is 0 Å². The standard InChI is InChI=1S/C10H13N3/c1-8-6-9-4-3-5-12-10(9)13(8)7-11-2/h3-6,11H,7H2,1-2H3. The molecule has 2 heterocycles. The Balaban J connectivity index is 2.64. The first-order valence-electron chi connectivity index (χ1n) is 4.38. The summed E-state index contributed by atoms with van der Waals surface area (Å²) in [6.07, 6.45) is 1.83. The number of rotatable bonds is 2. The molecule has 3 nitrogen and oxygen atoms in total. The number of nitrogens with zero attached hydrogens (tertiary/aromatic N) is 2. The fraction of sp³-hybridized carbons (Fsp3) is 0.300. The summed E-state index contributed by atoms with van der Waals surface area (Å²) in [5.74, 6) is 0. The van der Waals surface area contributed by atoms with Gasteiger partial charge in [0.1, 0.15) is 5.65 Å². The first-order valence-corrected chi connectivity index (χ1v) is 4.38. The van der Waals surface area contributed by atoms with E-state index in [9.17, 15) is 0 Å². The Morgan fingerprint density at radius 2 is 2.38 bits per heavy atom. The van der Waals surface area contributed by atoms with E-state index in [4.69, 9.17) is 0 Å². The van der Waals surface area contributed by atoms with Crippen LogP contribution >= 0.6 is 0 Å². The lowest BCUT2D eigenvalue weighted by atomic mass is 10.3. The normalized spacial score (nSPS) is 10.9. The highest BCUT2D eigenvalue weighted by Gasteiger charge is 2.03. The zero-order chi connectivity index (χ0) is 9.26. The van der Waals surface area contributed by atoms with Gasteiger partial charge in [-0.25, -0.2) is 4.98 Å². The third kappa shape index (κ3) is 1.31. The quantitative estimate of drug-likeness (QED) is 0.750. The first kappa shape index (κ1) is 8.26. The topological polar surface area (TPSA) is 29.9 Å². The van der Waals surface area contributed by atoms with Crippen molar-refractivity contribution in [1.29, 1.82) is 0 Å². The Bertz CT molecular complexity index is 417. The lowest BCUT2D eigenvalue weighted by Gasteiger charge is -2.05. The minimum absolute atomic E-state index is 0.812. The molecule has 2 aromatic rings. The minimum Gasteiger partial charge on any atom is -0.317 e. The van der Waals surface area contributed by atoms with Crippen molar-refractivity contribution in [2.24, 2.45) is 0 Å². The molecule has 1 N–H and O–H groups in total. The molecule has 13 heavy (non-hydrogen) atoms. The van der Waals surface area contributed by atoms with Crippen LogP contribution in [0, 0.1) is 6.92 Å². The maximum Gasteiger partial charge on any atom is 0.141 e. The van der Waals surface area contributed by atoms with Gasteiger partial charge in [-0.2, -0.15) is 0 Å². The maximum absolute atomic E-state index is 4.34. The molecule has 0 fully saturated rings. The van der Waals surface area contributed by atoms with Crippen molar-refractivity contribution in [1.82, 2.24) is 14.9 Å². The average Bonchev–Trinajstić information content (AvgIpc) is 2.44. The number of hydrogen-bond acceptors (Lipinski definition) is 2. The molecule has 0 amide bonds. The molecule has 0 radical (unpaired) electrons. The smallest absolute Gasteiger partial charge is 0.141 e. The van der Waals surface area contributed by atoms with Gasteiger partial charge in [0.15, 0.2) is 0 Å². The van der Waals surface area contributed by atoms with Crippen LogP contribution < -0.4 is 5.32 Å². The van der Waals surface area contributed by atoms with Crippen LogP contribution in [-0.2, 0) is 6.67 Å². The van der Waals surface area contributed by atoms with Gasteiger partial charge in [-0.1, -0.05) is 0 Å². The van der Waals surface area contributed by atoms with Crippen molar-refractivity contribution in [3.8, 4) is 0 Å². The molecule has 0 unspecified atom stereocenters. The zero-order valence-corrected chi connectivity index (χ0v) is 7.91. The fourth-order valence-corrected chi connectivity index (χ4v) is 1.58. The molecule has 2 rings (SSSR count). The summed E-state index contributed by atoms with van der Waals surface area (Å²) in [6.45, 7) is 2.91. The van der Waals surface area contributed by atoms with Gasteiger partial charge in [-0.3, -0.25) is 0 Å². The molecule has 0 aliphatic rings. The molecular formula is C10H13N3. The molecule has 0 saturated carbocycles. The maximum atomic E-state index is 4.34. The Kier molecular flexibility index (Phi) is 2.02. The van der Waals surface area contributed by atoms with E-state index in [1.54, 1.807) is 0 Å². The van der Waals surface area contributed by atoms with Crippen LogP contribution in [0.25, 0.3) is 11.0 Å². The number of hydrogen-bond donors (Lipinski definition) is 1. The Labute approximate surface area is 77.4 Å². The molecule has 0 aliphatic heterocycles. The van der Waals surface area contributed by atoms with Gasteiger partial charge in [0.05, 0.1) is 6.67 Å². The molecule has 0 aliphatic carbocycles. The van der Waals surface area contributed by atoms with Crippen molar-refractivity contribution in [2.45, 2.75) is 13.6 Å². The van der Waals surface area contributed by atoms with E-state index in [0.717, 1.165) is 12.3 Å². The summed E-state index contributed by atoms with van der Waals surface area (Å²) in [7, 11) is 1.94. The summed E-state index contributed by atoms with van der Waals surface area (Å²) in [4.78, 5) is 4.34. The monoisotopic (exact) mass is 175 g/mol. The second kappa shape index (κ2) is 3.18. The number of nitrogens with one attached hydrogen (secondary N) is 1. The molecule has 0 spiro atoms. The van der Waals surface area contributed by atoms with Crippen molar-refractivity contribution in [3.63, 3.8) is 0 Å². The minimum atomic E-state index is 0.812. The number of aryl methyl sites for hydroxylation is 1. The summed E-state index contributed by atoms with van der Waals surface area (Å²) >= 11 is 0. The van der Waals surface area contributed by atoms with Crippen molar-refractivity contribution >= 4 is 11.0 Å². The number of fused-ring (bicyclic) bond motifs is 1. The van der Waals surface area contributed by atoms with Crippen LogP contribution in [0.1, 0.15) is 5.69 Å². The first-order chi connectivity index (χ1) is 6.33.